The van der Waals surface area contributed by atoms with Crippen molar-refractivity contribution in [1.29, 1.82) is 0 Å². The van der Waals surface area contributed by atoms with Gasteiger partial charge in [-0.15, -0.1) is 0 Å². The fraction of sp³-hybridized carbons (Fsp3) is 0.304. The Morgan fingerprint density at radius 2 is 2.00 bits per heavy atom. The molecule has 0 aliphatic carbocycles. The lowest BCUT2D eigenvalue weighted by Crippen LogP contribution is -2.48. The number of methoxy groups -OCH3 is 1. The van der Waals surface area contributed by atoms with Crippen LogP contribution in [-0.4, -0.2) is 42.3 Å². The van der Waals surface area contributed by atoms with Gasteiger partial charge in [-0.2, -0.15) is 5.10 Å². The maximum atomic E-state index is 13.0. The minimum absolute atomic E-state index is 0.0468. The standard InChI is InChI=1S/C23H25FN4O2/c1-30-20-10-6-17(7-11-20)21-14-22(27-26-21)28-12-2-3-19(15-28)25-23(29)13-16-4-8-18(24)9-5-16/h4-11,14,19H,2-3,12-13,15H2,1H3,(H,25,29)(H,26,27). The maximum Gasteiger partial charge on any atom is 0.224 e. The summed E-state index contributed by atoms with van der Waals surface area (Å²) in [5.74, 6) is 1.34. The number of nitrogens with zero attached hydrogens (tertiary/aromatic N) is 2. The molecule has 1 aromatic heterocycles. The highest BCUT2D eigenvalue weighted by molar-refractivity contribution is 5.79. The van der Waals surface area contributed by atoms with Crippen molar-refractivity contribution in [2.75, 3.05) is 25.1 Å². The van der Waals surface area contributed by atoms with Crippen molar-refractivity contribution in [3.8, 4) is 17.0 Å². The lowest BCUT2D eigenvalue weighted by atomic mass is 10.0. The predicted octanol–water partition coefficient (Wildman–Crippen LogP) is 3.55. The molecule has 0 saturated carbocycles. The van der Waals surface area contributed by atoms with Crippen molar-refractivity contribution in [3.63, 3.8) is 0 Å². The Bertz CT molecular complexity index is 985. The number of carbonyl (C=O) groups excluding carboxylic acids is 1. The van der Waals surface area contributed by atoms with Crippen LogP contribution in [-0.2, 0) is 11.2 Å². The first-order chi connectivity index (χ1) is 14.6. The number of nitrogens with one attached hydrogen (secondary N) is 2. The van der Waals surface area contributed by atoms with Gasteiger partial charge in [0.15, 0.2) is 5.82 Å². The van der Waals surface area contributed by atoms with Gasteiger partial charge in [-0.05, 0) is 60.4 Å². The molecule has 6 nitrogen and oxygen atoms in total. The Labute approximate surface area is 175 Å². The molecule has 1 atom stereocenters. The monoisotopic (exact) mass is 408 g/mol. The van der Waals surface area contributed by atoms with E-state index in [4.69, 9.17) is 4.74 Å². The summed E-state index contributed by atoms with van der Waals surface area (Å²) in [5.41, 5.74) is 2.78. The van der Waals surface area contributed by atoms with Crippen molar-refractivity contribution in [3.05, 3.63) is 66.0 Å². The van der Waals surface area contributed by atoms with Crippen LogP contribution >= 0.6 is 0 Å². The molecule has 2 N–H and O–H groups in total. The smallest absolute Gasteiger partial charge is 0.224 e. The molecular formula is C23H25FN4O2. The second kappa shape index (κ2) is 8.98. The highest BCUT2D eigenvalue weighted by atomic mass is 19.1. The molecule has 1 aliphatic heterocycles. The lowest BCUT2D eigenvalue weighted by Gasteiger charge is -2.33. The largest absolute Gasteiger partial charge is 0.497 e. The quantitative estimate of drug-likeness (QED) is 0.654. The van der Waals surface area contributed by atoms with Crippen LogP contribution in [0.25, 0.3) is 11.3 Å². The van der Waals surface area contributed by atoms with E-state index in [1.165, 1.54) is 12.1 Å². The Hall–Kier alpha value is -3.35. The molecule has 0 radical (unpaired) electrons. The van der Waals surface area contributed by atoms with E-state index in [1.807, 2.05) is 30.3 Å². The molecule has 3 aromatic rings. The summed E-state index contributed by atoms with van der Waals surface area (Å²) >= 11 is 0. The van der Waals surface area contributed by atoms with E-state index in [2.05, 4.69) is 20.4 Å². The molecule has 1 unspecified atom stereocenters. The lowest BCUT2D eigenvalue weighted by molar-refractivity contribution is -0.121. The molecule has 156 valence electrons. The van der Waals surface area contributed by atoms with E-state index in [0.717, 1.165) is 47.8 Å². The third-order valence-electron chi connectivity index (χ3n) is 5.35. The number of ether oxygens (including phenoxy) is 1. The van der Waals surface area contributed by atoms with E-state index in [0.29, 0.717) is 6.54 Å². The van der Waals surface area contributed by atoms with Gasteiger partial charge in [0.2, 0.25) is 5.91 Å². The van der Waals surface area contributed by atoms with Crippen LogP contribution in [0, 0.1) is 5.82 Å². The fourth-order valence-electron chi connectivity index (χ4n) is 3.76. The van der Waals surface area contributed by atoms with Gasteiger partial charge in [-0.3, -0.25) is 9.89 Å². The number of aromatic amines is 1. The van der Waals surface area contributed by atoms with Crippen molar-refractivity contribution in [1.82, 2.24) is 15.5 Å². The summed E-state index contributed by atoms with van der Waals surface area (Å²) in [6, 6.07) is 16.0. The highest BCUT2D eigenvalue weighted by Gasteiger charge is 2.23. The number of piperidine rings is 1. The number of amides is 1. The zero-order chi connectivity index (χ0) is 20.9. The number of H-pyrrole nitrogens is 1. The molecule has 30 heavy (non-hydrogen) atoms. The molecule has 2 heterocycles. The first kappa shape index (κ1) is 19.9. The molecule has 0 bridgehead atoms. The number of hydrogen-bond acceptors (Lipinski definition) is 4. The van der Waals surface area contributed by atoms with E-state index in [1.54, 1.807) is 19.2 Å². The van der Waals surface area contributed by atoms with Gasteiger partial charge in [0, 0.05) is 25.2 Å². The third-order valence-corrected chi connectivity index (χ3v) is 5.35. The predicted molar refractivity (Wildman–Crippen MR) is 114 cm³/mol. The Balaban J connectivity index is 1.36. The highest BCUT2D eigenvalue weighted by Crippen LogP contribution is 2.25. The third kappa shape index (κ3) is 4.79. The van der Waals surface area contributed by atoms with Gasteiger partial charge < -0.3 is 15.0 Å². The summed E-state index contributed by atoms with van der Waals surface area (Å²) < 4.78 is 18.2. The summed E-state index contributed by atoms with van der Waals surface area (Å²) in [4.78, 5) is 14.6. The average molecular weight is 408 g/mol. The molecule has 0 spiro atoms. The molecular weight excluding hydrogens is 383 g/mol. The van der Waals surface area contributed by atoms with Crippen LogP contribution in [0.4, 0.5) is 10.2 Å². The van der Waals surface area contributed by atoms with Crippen LogP contribution in [0.2, 0.25) is 0 Å². The fourth-order valence-corrected chi connectivity index (χ4v) is 3.76. The van der Waals surface area contributed by atoms with Gasteiger partial charge in [-0.1, -0.05) is 12.1 Å². The summed E-state index contributed by atoms with van der Waals surface area (Å²) in [6.45, 7) is 1.61. The van der Waals surface area contributed by atoms with E-state index >= 15 is 0 Å². The zero-order valence-electron chi connectivity index (χ0n) is 16.9. The summed E-state index contributed by atoms with van der Waals surface area (Å²) in [7, 11) is 1.65. The van der Waals surface area contributed by atoms with Gasteiger partial charge in [-0.25, -0.2) is 4.39 Å². The first-order valence-corrected chi connectivity index (χ1v) is 10.1. The number of halogens is 1. The van der Waals surface area contributed by atoms with Gasteiger partial charge in [0.05, 0.1) is 19.2 Å². The summed E-state index contributed by atoms with van der Waals surface area (Å²) in [5, 5.41) is 10.7. The number of hydrogen-bond donors (Lipinski definition) is 2. The molecule has 1 saturated heterocycles. The van der Waals surface area contributed by atoms with Gasteiger partial charge in [0.1, 0.15) is 11.6 Å². The van der Waals surface area contributed by atoms with Crippen molar-refractivity contribution < 1.29 is 13.9 Å². The molecule has 1 amide bonds. The van der Waals surface area contributed by atoms with Crippen LogP contribution in [0.1, 0.15) is 18.4 Å². The zero-order valence-corrected chi connectivity index (χ0v) is 16.9. The molecule has 2 aromatic carbocycles. The number of carbonyl (C=O) groups is 1. The van der Waals surface area contributed by atoms with Crippen LogP contribution in [0.15, 0.2) is 54.6 Å². The minimum atomic E-state index is -0.296. The topological polar surface area (TPSA) is 70.2 Å². The number of anilines is 1. The second-order valence-corrected chi connectivity index (χ2v) is 7.52. The van der Waals surface area contributed by atoms with E-state index in [9.17, 15) is 9.18 Å². The Morgan fingerprint density at radius 3 is 2.73 bits per heavy atom. The first-order valence-electron chi connectivity index (χ1n) is 10.1. The molecule has 4 rings (SSSR count). The minimum Gasteiger partial charge on any atom is -0.497 e. The van der Waals surface area contributed by atoms with Crippen LogP contribution in [0.5, 0.6) is 5.75 Å². The van der Waals surface area contributed by atoms with Crippen molar-refractivity contribution in [2.45, 2.75) is 25.3 Å². The Morgan fingerprint density at radius 1 is 1.23 bits per heavy atom. The number of aromatic nitrogens is 2. The number of rotatable bonds is 6. The molecule has 1 aliphatic rings. The maximum absolute atomic E-state index is 13.0. The van der Waals surface area contributed by atoms with Crippen molar-refractivity contribution >= 4 is 11.7 Å². The van der Waals surface area contributed by atoms with E-state index in [-0.39, 0.29) is 24.2 Å². The molecule has 7 heteroatoms. The van der Waals surface area contributed by atoms with Crippen LogP contribution in [0.3, 0.4) is 0 Å². The van der Waals surface area contributed by atoms with Gasteiger partial charge >= 0.3 is 0 Å². The summed E-state index contributed by atoms with van der Waals surface area (Å²) in [6.07, 6.45) is 2.16. The van der Waals surface area contributed by atoms with Gasteiger partial charge in [0.25, 0.3) is 0 Å². The second-order valence-electron chi connectivity index (χ2n) is 7.52. The normalized spacial score (nSPS) is 16.3. The molecule has 1 fully saturated rings. The van der Waals surface area contributed by atoms with Crippen molar-refractivity contribution in [2.24, 2.45) is 0 Å². The average Bonchev–Trinajstić information content (AvgIpc) is 3.26. The SMILES string of the molecule is COc1ccc(-c2cc(N3CCCC(NC(=O)Cc4ccc(F)cc4)C3)n[nH]2)cc1. The van der Waals surface area contributed by atoms with E-state index < -0.39 is 0 Å². The number of benzene rings is 2. The Kier molecular flexibility index (Phi) is 5.97. The van der Waals surface area contributed by atoms with Crippen LogP contribution < -0.4 is 15.0 Å².